The number of sulfonamides is 1. The van der Waals surface area contributed by atoms with Crippen LogP contribution < -0.4 is 4.72 Å². The molecule has 7 nitrogen and oxygen atoms in total. The molecule has 0 aliphatic carbocycles. The largest absolute Gasteiger partial charge is 0.477 e. The summed E-state index contributed by atoms with van der Waals surface area (Å²) in [5, 5.41) is 8.73. The molecule has 1 unspecified atom stereocenters. The summed E-state index contributed by atoms with van der Waals surface area (Å²) in [6.07, 6.45) is 0.235. The molecule has 0 saturated carbocycles. The zero-order valence-electron chi connectivity index (χ0n) is 9.57. The van der Waals surface area contributed by atoms with E-state index in [0.717, 1.165) is 0 Å². The second-order valence-electron chi connectivity index (χ2n) is 4.15. The Morgan fingerprint density at radius 2 is 2.11 bits per heavy atom. The minimum atomic E-state index is -3.87. The van der Waals surface area contributed by atoms with E-state index in [9.17, 15) is 21.6 Å². The predicted octanol–water partition coefficient (Wildman–Crippen LogP) is -0.0883. The van der Waals surface area contributed by atoms with E-state index in [2.05, 4.69) is 4.72 Å². The Morgan fingerprint density at radius 3 is 2.58 bits per heavy atom. The maximum atomic E-state index is 11.9. The van der Waals surface area contributed by atoms with E-state index in [-0.39, 0.29) is 27.0 Å². The zero-order chi connectivity index (χ0) is 14.3. The van der Waals surface area contributed by atoms with Crippen LogP contribution in [0.1, 0.15) is 16.1 Å². The minimum absolute atomic E-state index is 0.0367. The first kappa shape index (κ1) is 14.4. The number of carboxylic acid groups (broad SMARTS) is 1. The van der Waals surface area contributed by atoms with E-state index in [1.165, 1.54) is 12.1 Å². The molecule has 106 valence electrons. The first-order chi connectivity index (χ1) is 8.70. The van der Waals surface area contributed by atoms with Gasteiger partial charge in [0, 0.05) is 6.04 Å². The number of carbonyl (C=O) groups is 1. The molecule has 2 heterocycles. The van der Waals surface area contributed by atoms with Crippen LogP contribution in [0.25, 0.3) is 0 Å². The van der Waals surface area contributed by atoms with Gasteiger partial charge in [0.05, 0.1) is 11.5 Å². The van der Waals surface area contributed by atoms with Gasteiger partial charge >= 0.3 is 5.97 Å². The fourth-order valence-electron chi connectivity index (χ4n) is 1.74. The molecule has 1 saturated heterocycles. The number of carboxylic acids is 1. The molecule has 2 N–H and O–H groups in total. The Balaban J connectivity index is 2.16. The highest BCUT2D eigenvalue weighted by Gasteiger charge is 2.32. The first-order valence-electron chi connectivity index (χ1n) is 5.25. The van der Waals surface area contributed by atoms with E-state index in [1.54, 1.807) is 0 Å². The van der Waals surface area contributed by atoms with Gasteiger partial charge in [-0.05, 0) is 18.6 Å². The third-order valence-electron chi connectivity index (χ3n) is 2.61. The highest BCUT2D eigenvalue weighted by atomic mass is 32.2. The Hall–Kier alpha value is -0.970. The average molecular weight is 325 g/mol. The molecule has 1 fully saturated rings. The monoisotopic (exact) mass is 325 g/mol. The standard InChI is InChI=1S/C9H11NO6S3/c11-9(12)7-1-2-8(17-7)19(15,16)10-6-3-4-18(13,14)5-6/h1-2,6,10H,3-5H2,(H,11,12). The van der Waals surface area contributed by atoms with Crippen LogP contribution in [0, 0.1) is 0 Å². The van der Waals surface area contributed by atoms with Gasteiger partial charge in [-0.15, -0.1) is 11.3 Å². The number of aromatic carboxylic acids is 1. The Morgan fingerprint density at radius 1 is 1.42 bits per heavy atom. The van der Waals surface area contributed by atoms with E-state index < -0.39 is 31.9 Å². The van der Waals surface area contributed by atoms with Crippen LogP contribution in [0.3, 0.4) is 0 Å². The average Bonchev–Trinajstić information content (AvgIpc) is 2.84. The highest BCUT2D eigenvalue weighted by Crippen LogP contribution is 2.23. The van der Waals surface area contributed by atoms with Crippen molar-refractivity contribution in [3.8, 4) is 0 Å². The summed E-state index contributed by atoms with van der Waals surface area (Å²) in [5.74, 6) is -1.45. The van der Waals surface area contributed by atoms with Crippen LogP contribution in [0.4, 0.5) is 0 Å². The molecule has 1 aliphatic rings. The van der Waals surface area contributed by atoms with Gasteiger partial charge in [0.2, 0.25) is 10.0 Å². The lowest BCUT2D eigenvalue weighted by atomic mass is 10.3. The number of nitrogens with one attached hydrogen (secondary N) is 1. The van der Waals surface area contributed by atoms with E-state index in [0.29, 0.717) is 11.3 Å². The van der Waals surface area contributed by atoms with Crippen molar-refractivity contribution in [3.63, 3.8) is 0 Å². The van der Waals surface area contributed by atoms with Crippen molar-refractivity contribution in [2.75, 3.05) is 11.5 Å². The molecular formula is C9H11NO6S3. The van der Waals surface area contributed by atoms with Crippen LogP contribution >= 0.6 is 11.3 Å². The molecule has 0 bridgehead atoms. The lowest BCUT2D eigenvalue weighted by Gasteiger charge is -2.09. The fourth-order valence-corrected chi connectivity index (χ4v) is 5.96. The number of rotatable bonds is 4. The van der Waals surface area contributed by atoms with E-state index in [4.69, 9.17) is 5.11 Å². The summed E-state index contributed by atoms with van der Waals surface area (Å²) in [4.78, 5) is 10.6. The Kier molecular flexibility index (Phi) is 3.69. The molecule has 10 heteroatoms. The maximum Gasteiger partial charge on any atom is 0.345 e. The number of hydrogen-bond acceptors (Lipinski definition) is 6. The molecule has 1 aromatic heterocycles. The summed E-state index contributed by atoms with van der Waals surface area (Å²) in [7, 11) is -7.04. The van der Waals surface area contributed by atoms with Crippen molar-refractivity contribution in [2.24, 2.45) is 0 Å². The molecule has 1 atom stereocenters. The van der Waals surface area contributed by atoms with Gasteiger partial charge in [-0.2, -0.15) is 0 Å². The molecule has 19 heavy (non-hydrogen) atoms. The molecule has 0 amide bonds. The Bertz CT molecular complexity index is 702. The quantitative estimate of drug-likeness (QED) is 0.799. The lowest BCUT2D eigenvalue weighted by Crippen LogP contribution is -2.35. The first-order valence-corrected chi connectivity index (χ1v) is 9.38. The molecule has 0 radical (unpaired) electrons. The SMILES string of the molecule is O=C(O)c1ccc(S(=O)(=O)NC2CCS(=O)(=O)C2)s1. The molecule has 2 rings (SSSR count). The second kappa shape index (κ2) is 4.85. The van der Waals surface area contributed by atoms with Gasteiger partial charge in [-0.25, -0.2) is 26.4 Å². The van der Waals surface area contributed by atoms with Crippen LogP contribution in [-0.2, 0) is 19.9 Å². The van der Waals surface area contributed by atoms with Crippen LogP contribution in [-0.4, -0.2) is 45.5 Å². The molecule has 0 spiro atoms. The predicted molar refractivity (Wildman–Crippen MR) is 68.7 cm³/mol. The molecule has 0 aromatic carbocycles. The molecular weight excluding hydrogens is 314 g/mol. The third-order valence-corrected chi connectivity index (χ3v) is 7.46. The summed E-state index contributed by atoms with van der Waals surface area (Å²) < 4.78 is 48.5. The van der Waals surface area contributed by atoms with Gasteiger partial charge in [-0.3, -0.25) is 0 Å². The summed E-state index contributed by atoms with van der Waals surface area (Å²) >= 11 is 0.632. The zero-order valence-corrected chi connectivity index (χ0v) is 12.0. The smallest absolute Gasteiger partial charge is 0.345 e. The van der Waals surface area contributed by atoms with Crippen LogP contribution in [0.5, 0.6) is 0 Å². The number of thiophene rings is 1. The fraction of sp³-hybridized carbons (Fsp3) is 0.444. The summed E-state index contributed by atoms with van der Waals surface area (Å²) in [6.45, 7) is 0. The van der Waals surface area contributed by atoms with Crippen LogP contribution in [0.2, 0.25) is 0 Å². The topological polar surface area (TPSA) is 118 Å². The van der Waals surface area contributed by atoms with Crippen molar-refractivity contribution in [2.45, 2.75) is 16.7 Å². The van der Waals surface area contributed by atoms with Gasteiger partial charge in [0.25, 0.3) is 0 Å². The van der Waals surface area contributed by atoms with E-state index >= 15 is 0 Å². The maximum absolute atomic E-state index is 11.9. The Labute approximate surface area is 114 Å². The minimum Gasteiger partial charge on any atom is -0.477 e. The molecule has 1 aliphatic heterocycles. The summed E-state index contributed by atoms with van der Waals surface area (Å²) in [6, 6.07) is 1.75. The van der Waals surface area contributed by atoms with Crippen molar-refractivity contribution < 1.29 is 26.7 Å². The number of sulfone groups is 1. The van der Waals surface area contributed by atoms with Gasteiger partial charge in [0.15, 0.2) is 9.84 Å². The summed E-state index contributed by atoms with van der Waals surface area (Å²) in [5.41, 5.74) is 0. The molecule has 1 aromatic rings. The van der Waals surface area contributed by atoms with Crippen LogP contribution in [0.15, 0.2) is 16.3 Å². The third kappa shape index (κ3) is 3.32. The normalized spacial score (nSPS) is 22.4. The second-order valence-corrected chi connectivity index (χ2v) is 9.40. The van der Waals surface area contributed by atoms with Gasteiger partial charge in [-0.1, -0.05) is 0 Å². The van der Waals surface area contributed by atoms with Crippen molar-refractivity contribution in [1.29, 1.82) is 0 Å². The number of hydrogen-bond donors (Lipinski definition) is 2. The van der Waals surface area contributed by atoms with Crippen molar-refractivity contribution in [1.82, 2.24) is 4.72 Å². The lowest BCUT2D eigenvalue weighted by molar-refractivity contribution is 0.0702. The van der Waals surface area contributed by atoms with Crippen molar-refractivity contribution >= 4 is 37.2 Å². The highest BCUT2D eigenvalue weighted by molar-refractivity contribution is 7.92. The van der Waals surface area contributed by atoms with Crippen molar-refractivity contribution in [3.05, 3.63) is 17.0 Å². The van der Waals surface area contributed by atoms with E-state index in [1.807, 2.05) is 0 Å². The van der Waals surface area contributed by atoms with Gasteiger partial charge in [0.1, 0.15) is 9.09 Å². The van der Waals surface area contributed by atoms with Gasteiger partial charge < -0.3 is 5.11 Å².